The third-order valence-corrected chi connectivity index (χ3v) is 4.24. The van der Waals surface area contributed by atoms with Gasteiger partial charge in [-0.25, -0.2) is 4.79 Å². The van der Waals surface area contributed by atoms with E-state index in [0.29, 0.717) is 12.5 Å². The molecule has 0 unspecified atom stereocenters. The van der Waals surface area contributed by atoms with Crippen molar-refractivity contribution >= 4 is 47.8 Å². The lowest BCUT2D eigenvalue weighted by Crippen LogP contribution is -2.54. The minimum absolute atomic E-state index is 0. The minimum Gasteiger partial charge on any atom is -0.444 e. The van der Waals surface area contributed by atoms with E-state index in [2.05, 4.69) is 41.0 Å². The zero-order valence-electron chi connectivity index (χ0n) is 16.5. The molecule has 0 aromatic carbocycles. The molecule has 0 aliphatic carbocycles. The van der Waals surface area contributed by atoms with Crippen molar-refractivity contribution in [3.8, 4) is 0 Å². The second kappa shape index (κ2) is 10.6. The first-order valence-electron chi connectivity index (χ1n) is 7.81. The summed E-state index contributed by atoms with van der Waals surface area (Å²) in [6.45, 7) is 15.1. The smallest absolute Gasteiger partial charge is 0.408 e. The number of alkyl carbamates (subject to hydrolysis) is 1. The Morgan fingerprint density at radius 2 is 1.54 bits per heavy atom. The highest BCUT2D eigenvalue weighted by molar-refractivity contribution is 14.0. The number of thioether (sulfide) groups is 1. The van der Waals surface area contributed by atoms with Gasteiger partial charge < -0.3 is 20.7 Å². The van der Waals surface area contributed by atoms with Crippen LogP contribution in [0.25, 0.3) is 0 Å². The topological polar surface area (TPSA) is 74.8 Å². The highest BCUT2D eigenvalue weighted by Crippen LogP contribution is 2.19. The Morgan fingerprint density at radius 3 is 1.96 bits per heavy atom. The molecule has 0 heterocycles. The van der Waals surface area contributed by atoms with Crippen LogP contribution in [0.1, 0.15) is 48.5 Å². The summed E-state index contributed by atoms with van der Waals surface area (Å²) in [5.74, 6) is 0.714. The normalized spacial score (nSPS) is 13.0. The molecule has 24 heavy (non-hydrogen) atoms. The highest BCUT2D eigenvalue weighted by Gasteiger charge is 2.25. The molecule has 0 saturated carbocycles. The number of hydrogen-bond donors (Lipinski definition) is 3. The third-order valence-electron chi connectivity index (χ3n) is 2.99. The maximum atomic E-state index is 11.9. The molecule has 0 aliphatic rings. The molecule has 0 fully saturated rings. The fourth-order valence-corrected chi connectivity index (χ4v) is 1.73. The van der Waals surface area contributed by atoms with Crippen molar-refractivity contribution in [1.29, 1.82) is 0 Å². The van der Waals surface area contributed by atoms with Gasteiger partial charge in [0.15, 0.2) is 5.96 Å². The lowest BCUT2D eigenvalue weighted by Gasteiger charge is -2.30. The van der Waals surface area contributed by atoms with Gasteiger partial charge in [-0.05, 0) is 54.7 Å². The first kappa shape index (κ1) is 25.9. The average Bonchev–Trinajstić information content (AvgIpc) is 2.35. The molecule has 1 amide bonds. The van der Waals surface area contributed by atoms with E-state index in [1.54, 1.807) is 18.8 Å². The van der Waals surface area contributed by atoms with E-state index in [9.17, 15) is 4.79 Å². The van der Waals surface area contributed by atoms with Gasteiger partial charge in [0.1, 0.15) is 5.60 Å². The Balaban J connectivity index is 0. The highest BCUT2D eigenvalue weighted by atomic mass is 127. The van der Waals surface area contributed by atoms with Crippen LogP contribution in [0.15, 0.2) is 4.99 Å². The average molecular weight is 474 g/mol. The number of halogens is 1. The molecule has 0 atom stereocenters. The third kappa shape index (κ3) is 13.0. The molecular weight excluding hydrogens is 439 g/mol. The van der Waals surface area contributed by atoms with Crippen molar-refractivity contribution in [3.63, 3.8) is 0 Å². The van der Waals surface area contributed by atoms with Crippen LogP contribution in [0.5, 0.6) is 0 Å². The lowest BCUT2D eigenvalue weighted by molar-refractivity contribution is 0.0474. The first-order chi connectivity index (χ1) is 10.3. The molecule has 6 nitrogen and oxygen atoms in total. The largest absolute Gasteiger partial charge is 0.444 e. The molecule has 3 N–H and O–H groups in total. The van der Waals surface area contributed by atoms with E-state index < -0.39 is 17.2 Å². The van der Waals surface area contributed by atoms with Crippen LogP contribution >= 0.6 is 35.7 Å². The number of rotatable bonds is 6. The summed E-state index contributed by atoms with van der Waals surface area (Å²) in [6, 6.07) is 0. The van der Waals surface area contributed by atoms with Crippen LogP contribution in [0.3, 0.4) is 0 Å². The Morgan fingerprint density at radius 1 is 1.04 bits per heavy atom. The van der Waals surface area contributed by atoms with Gasteiger partial charge in [0, 0.05) is 24.9 Å². The lowest BCUT2D eigenvalue weighted by atomic mass is 10.1. The molecule has 0 aromatic heterocycles. The van der Waals surface area contributed by atoms with Crippen molar-refractivity contribution in [1.82, 2.24) is 16.0 Å². The summed E-state index contributed by atoms with van der Waals surface area (Å²) < 4.78 is 5.41. The number of guanidine groups is 1. The van der Waals surface area contributed by atoms with Crippen LogP contribution in [-0.4, -0.2) is 54.3 Å². The number of hydrogen-bond acceptors (Lipinski definition) is 4. The van der Waals surface area contributed by atoms with Crippen molar-refractivity contribution in [2.75, 3.05) is 26.4 Å². The van der Waals surface area contributed by atoms with Gasteiger partial charge in [0.2, 0.25) is 0 Å². The van der Waals surface area contributed by atoms with E-state index in [1.165, 1.54) is 0 Å². The number of nitrogens with zero attached hydrogens (tertiary/aromatic N) is 1. The van der Waals surface area contributed by atoms with Gasteiger partial charge >= 0.3 is 6.09 Å². The number of carbonyl (C=O) groups is 1. The number of amides is 1. The van der Waals surface area contributed by atoms with Gasteiger partial charge in [-0.3, -0.25) is 4.99 Å². The predicted molar refractivity (Wildman–Crippen MR) is 116 cm³/mol. The van der Waals surface area contributed by atoms with Crippen LogP contribution in [0, 0.1) is 0 Å². The molecule has 0 rings (SSSR count). The summed E-state index contributed by atoms with van der Waals surface area (Å²) in [5.41, 5.74) is -0.969. The summed E-state index contributed by atoms with van der Waals surface area (Å²) in [6.07, 6.45) is 1.67. The van der Waals surface area contributed by atoms with E-state index in [1.807, 2.05) is 34.6 Å². The predicted octanol–water partition coefficient (Wildman–Crippen LogP) is 3.21. The van der Waals surface area contributed by atoms with Gasteiger partial charge in [-0.1, -0.05) is 0 Å². The Bertz CT molecular complexity index is 421. The number of carbonyl (C=O) groups excluding carboxylic acids is 1. The van der Waals surface area contributed by atoms with E-state index >= 15 is 0 Å². The van der Waals surface area contributed by atoms with Crippen molar-refractivity contribution in [3.05, 3.63) is 0 Å². The SMILES string of the molecule is CN=C(NCC(C)(C)NC(=O)OC(C)(C)C)NCC(C)(C)SC.I. The van der Waals surface area contributed by atoms with Crippen LogP contribution < -0.4 is 16.0 Å². The maximum Gasteiger partial charge on any atom is 0.408 e. The quantitative estimate of drug-likeness (QED) is 0.313. The zero-order valence-corrected chi connectivity index (χ0v) is 19.6. The van der Waals surface area contributed by atoms with Crippen molar-refractivity contribution < 1.29 is 9.53 Å². The van der Waals surface area contributed by atoms with E-state index in [4.69, 9.17) is 4.74 Å². The van der Waals surface area contributed by atoms with Gasteiger partial charge in [0.25, 0.3) is 0 Å². The minimum atomic E-state index is -0.505. The van der Waals surface area contributed by atoms with E-state index in [-0.39, 0.29) is 28.7 Å². The number of ether oxygens (including phenoxy) is 1. The van der Waals surface area contributed by atoms with Gasteiger partial charge in [-0.15, -0.1) is 24.0 Å². The second-order valence-electron chi connectivity index (χ2n) is 7.75. The molecule has 0 aromatic rings. The molecule has 0 spiro atoms. The summed E-state index contributed by atoms with van der Waals surface area (Å²) >= 11 is 1.80. The Kier molecular flexibility index (Phi) is 11.4. The Labute approximate surface area is 168 Å². The molecule has 0 saturated heterocycles. The summed E-state index contributed by atoms with van der Waals surface area (Å²) in [5, 5.41) is 9.40. The Hall–Kier alpha value is -0.380. The first-order valence-corrected chi connectivity index (χ1v) is 9.03. The van der Waals surface area contributed by atoms with E-state index in [0.717, 1.165) is 6.54 Å². The fourth-order valence-electron chi connectivity index (χ4n) is 1.52. The molecule has 8 heteroatoms. The molecule has 144 valence electrons. The van der Waals surface area contributed by atoms with Crippen molar-refractivity contribution in [2.24, 2.45) is 4.99 Å². The van der Waals surface area contributed by atoms with Crippen LogP contribution in [0.2, 0.25) is 0 Å². The fraction of sp³-hybridized carbons (Fsp3) is 0.875. The number of nitrogens with one attached hydrogen (secondary N) is 3. The van der Waals surface area contributed by atoms with Crippen molar-refractivity contribution in [2.45, 2.75) is 64.4 Å². The van der Waals surface area contributed by atoms with Crippen LogP contribution in [-0.2, 0) is 4.74 Å². The number of aliphatic imine (C=N–C) groups is 1. The molecule has 0 aliphatic heterocycles. The zero-order chi connectivity index (χ0) is 18.3. The van der Waals surface area contributed by atoms with Gasteiger partial charge in [0.05, 0.1) is 5.54 Å². The van der Waals surface area contributed by atoms with Gasteiger partial charge in [-0.2, -0.15) is 11.8 Å². The second-order valence-corrected chi connectivity index (χ2v) is 9.27. The summed E-state index contributed by atoms with van der Waals surface area (Å²) in [4.78, 5) is 16.1. The molecular formula is C16H35IN4O2S. The molecule has 0 bridgehead atoms. The maximum absolute atomic E-state index is 11.9. The summed E-state index contributed by atoms with van der Waals surface area (Å²) in [7, 11) is 1.73. The monoisotopic (exact) mass is 474 g/mol. The molecule has 0 radical (unpaired) electrons. The standard InChI is InChI=1S/C16H34N4O2S.HI/c1-14(2,3)22-13(21)20-15(4,5)10-18-12(17-8)19-11-16(6,7)23-9;/h10-11H2,1-9H3,(H,20,21)(H2,17,18,19);1H. The van der Waals surface area contributed by atoms with Crippen LogP contribution in [0.4, 0.5) is 4.79 Å².